The molecule has 22 heteroatoms. The Labute approximate surface area is 217 Å². The average molecular weight is 607 g/mol. The molecule has 0 saturated carbocycles. The van der Waals surface area contributed by atoms with Crippen LogP contribution in [0.3, 0.4) is 0 Å². The van der Waals surface area contributed by atoms with E-state index in [0.29, 0.717) is 0 Å². The highest BCUT2D eigenvalue weighted by Gasteiger charge is 2.50. The lowest BCUT2D eigenvalue weighted by Gasteiger charge is -2.42. The van der Waals surface area contributed by atoms with Crippen molar-refractivity contribution in [3.05, 3.63) is 33.1 Å². The number of aliphatic hydroxyl groups is 5. The summed E-state index contributed by atoms with van der Waals surface area (Å²) in [4.78, 5) is 56.4. The van der Waals surface area contributed by atoms with Gasteiger partial charge in [-0.3, -0.25) is 28.2 Å². The molecule has 2 aliphatic heterocycles. The molecule has 222 valence electrons. The lowest BCUT2D eigenvalue weighted by Crippen LogP contribution is -2.64. The number of phosphoric ester groups is 2. The van der Waals surface area contributed by atoms with E-state index in [2.05, 4.69) is 18.7 Å². The predicted octanol–water partition coefficient (Wildman–Crippen LogP) is -4.65. The molecule has 20 nitrogen and oxygen atoms in total. The highest BCUT2D eigenvalue weighted by molar-refractivity contribution is 7.61. The normalized spacial score (nSPS) is 36.2. The third kappa shape index (κ3) is 7.66. The molecule has 3 heterocycles. The predicted molar refractivity (Wildman–Crippen MR) is 120 cm³/mol. The van der Waals surface area contributed by atoms with Crippen LogP contribution in [0.15, 0.2) is 21.9 Å². The molecule has 1 amide bonds. The summed E-state index contributed by atoms with van der Waals surface area (Å²) in [6, 6.07) is -0.766. The van der Waals surface area contributed by atoms with Crippen LogP contribution in [0.1, 0.15) is 13.2 Å². The van der Waals surface area contributed by atoms with Crippen molar-refractivity contribution in [1.82, 2.24) is 14.9 Å². The largest absolute Gasteiger partial charge is 0.483 e. The number of amides is 1. The maximum atomic E-state index is 12.4. The van der Waals surface area contributed by atoms with Crippen molar-refractivity contribution in [3.8, 4) is 0 Å². The molecular formula is C17H27N3O17P2. The Morgan fingerprint density at radius 3 is 2.28 bits per heavy atom. The van der Waals surface area contributed by atoms with Gasteiger partial charge in [0.2, 0.25) is 5.91 Å². The summed E-state index contributed by atoms with van der Waals surface area (Å²) >= 11 is 0. The molecule has 2 aliphatic rings. The van der Waals surface area contributed by atoms with Crippen LogP contribution in [0.5, 0.6) is 0 Å². The fraction of sp³-hybridized carbons (Fsp3) is 0.706. The van der Waals surface area contributed by atoms with Crippen LogP contribution in [0.4, 0.5) is 0 Å². The molecule has 1 aromatic heterocycles. The molecule has 2 saturated heterocycles. The minimum Gasteiger partial charge on any atom is -0.394 e. The topological polar surface area (TPSA) is 306 Å². The number of phosphoric acid groups is 2. The number of aromatic nitrogens is 2. The first-order valence-electron chi connectivity index (χ1n) is 11.0. The molecule has 0 aliphatic carbocycles. The first-order valence-corrected chi connectivity index (χ1v) is 14.0. The van der Waals surface area contributed by atoms with Gasteiger partial charge in [-0.1, -0.05) is 0 Å². The molecule has 0 bridgehead atoms. The molecule has 0 spiro atoms. The summed E-state index contributed by atoms with van der Waals surface area (Å²) in [5.74, 6) is -0.796. The average Bonchev–Trinajstić information content (AvgIpc) is 3.10. The SMILES string of the molecule is CC(=O)N[C@@H]1[C@H](OP(=O)(O)OP(=O)(O)OC[C@H]2O[C@@H](n3ccc(=O)[nH]c3=O)[C@H](O)[C@@H]2O)O[C@@H](CO)[C@H](O)[C@H]1O. The van der Waals surface area contributed by atoms with E-state index in [0.717, 1.165) is 23.8 Å². The molecule has 11 atom stereocenters. The van der Waals surface area contributed by atoms with Gasteiger partial charge in [0.05, 0.1) is 13.2 Å². The molecule has 0 radical (unpaired) electrons. The van der Waals surface area contributed by atoms with E-state index in [1.807, 2.05) is 4.98 Å². The number of rotatable bonds is 10. The standard InChI is InChI=1S/C17H27N3O17P2/c1-6(22)18-10-13(26)11(24)7(4-21)35-16(10)36-39(31,32)37-38(29,30)33-5-8-12(25)14(27)15(34-8)20-3-2-9(23)19-17(20)28/h2-3,7-8,10-16,21,24-27H,4-5H2,1H3,(H,18,22)(H,29,30)(H,31,32)(H,19,23,28)/t7-,8+,10-,11-,12+,13-,14+,15+,16-/m0/s1. The van der Waals surface area contributed by atoms with Crippen LogP contribution in [-0.2, 0) is 36.8 Å². The summed E-state index contributed by atoms with van der Waals surface area (Å²) in [7, 11) is -11.1. The van der Waals surface area contributed by atoms with Crippen molar-refractivity contribution < 1.29 is 72.1 Å². The summed E-state index contributed by atoms with van der Waals surface area (Å²) in [5.41, 5.74) is -1.75. The van der Waals surface area contributed by atoms with Gasteiger partial charge in [-0.25, -0.2) is 13.9 Å². The Bertz CT molecular complexity index is 1240. The number of aromatic amines is 1. The Morgan fingerprint density at radius 1 is 1.05 bits per heavy atom. The zero-order valence-corrected chi connectivity index (χ0v) is 21.6. The van der Waals surface area contributed by atoms with Gasteiger partial charge in [0.15, 0.2) is 12.5 Å². The van der Waals surface area contributed by atoms with Crippen LogP contribution < -0.4 is 16.6 Å². The minimum absolute atomic E-state index is 0.723. The van der Waals surface area contributed by atoms with Gasteiger partial charge in [0, 0.05) is 19.2 Å². The summed E-state index contributed by atoms with van der Waals surface area (Å²) in [6.45, 7) is -0.940. The van der Waals surface area contributed by atoms with Crippen LogP contribution in [0.25, 0.3) is 0 Å². The van der Waals surface area contributed by atoms with E-state index in [9.17, 15) is 58.8 Å². The number of hydrogen-bond donors (Lipinski definition) is 9. The van der Waals surface area contributed by atoms with Crippen LogP contribution in [0, 0.1) is 0 Å². The number of nitrogens with zero attached hydrogens (tertiary/aromatic N) is 1. The lowest BCUT2D eigenvalue weighted by atomic mass is 9.97. The summed E-state index contributed by atoms with van der Waals surface area (Å²) in [5, 5.41) is 51.9. The monoisotopic (exact) mass is 607 g/mol. The van der Waals surface area contributed by atoms with Gasteiger partial charge in [-0.15, -0.1) is 0 Å². The number of hydrogen-bond acceptors (Lipinski definition) is 15. The molecule has 1 aromatic rings. The molecule has 39 heavy (non-hydrogen) atoms. The number of ether oxygens (including phenoxy) is 2. The molecule has 3 rings (SSSR count). The fourth-order valence-corrected chi connectivity index (χ4v) is 5.92. The van der Waals surface area contributed by atoms with Crippen molar-refractivity contribution in [2.24, 2.45) is 0 Å². The fourth-order valence-electron chi connectivity index (χ4n) is 3.76. The quantitative estimate of drug-likeness (QED) is 0.113. The number of aliphatic hydroxyl groups excluding tert-OH is 5. The van der Waals surface area contributed by atoms with E-state index < -0.39 is 101 Å². The van der Waals surface area contributed by atoms with Crippen LogP contribution >= 0.6 is 15.6 Å². The van der Waals surface area contributed by atoms with E-state index >= 15 is 0 Å². The number of carbonyl (C=O) groups excluding carboxylic acids is 1. The Kier molecular flexibility index (Phi) is 10.0. The molecule has 0 aromatic carbocycles. The highest BCUT2D eigenvalue weighted by Crippen LogP contribution is 2.61. The first kappa shape index (κ1) is 31.7. The molecule has 2 fully saturated rings. The minimum atomic E-state index is -5.63. The van der Waals surface area contributed by atoms with Crippen molar-refractivity contribution in [3.63, 3.8) is 0 Å². The number of H-pyrrole nitrogens is 1. The first-order chi connectivity index (χ1) is 18.0. The van der Waals surface area contributed by atoms with E-state index in [1.54, 1.807) is 0 Å². The molecule has 2 unspecified atom stereocenters. The van der Waals surface area contributed by atoms with Crippen molar-refractivity contribution in [1.29, 1.82) is 0 Å². The second kappa shape index (κ2) is 12.3. The number of nitrogens with one attached hydrogen (secondary N) is 2. The molecular weight excluding hydrogens is 580 g/mol. The number of carbonyl (C=O) groups is 1. The van der Waals surface area contributed by atoms with Crippen molar-refractivity contribution >= 4 is 21.6 Å². The van der Waals surface area contributed by atoms with Gasteiger partial charge in [0.25, 0.3) is 5.56 Å². The van der Waals surface area contributed by atoms with Crippen molar-refractivity contribution in [2.45, 2.75) is 62.1 Å². The third-order valence-electron chi connectivity index (χ3n) is 5.56. The van der Waals surface area contributed by atoms with Gasteiger partial charge in [-0.2, -0.15) is 4.31 Å². The van der Waals surface area contributed by atoms with Gasteiger partial charge >= 0.3 is 21.3 Å². The van der Waals surface area contributed by atoms with Crippen LogP contribution in [0.2, 0.25) is 0 Å². The smallest absolute Gasteiger partial charge is 0.394 e. The Balaban J connectivity index is 1.66. The maximum absolute atomic E-state index is 12.4. The zero-order valence-electron chi connectivity index (χ0n) is 19.8. The maximum Gasteiger partial charge on any atom is 0.483 e. The van der Waals surface area contributed by atoms with E-state index in [4.69, 9.17) is 9.47 Å². The Morgan fingerprint density at radius 2 is 1.69 bits per heavy atom. The van der Waals surface area contributed by atoms with Crippen molar-refractivity contribution in [2.75, 3.05) is 13.2 Å². The summed E-state index contributed by atoms with van der Waals surface area (Å²) < 4.78 is 49.2. The second-order valence-corrected chi connectivity index (χ2v) is 11.4. The summed E-state index contributed by atoms with van der Waals surface area (Å²) in [6.07, 6.45) is -13.0. The van der Waals surface area contributed by atoms with Gasteiger partial charge < -0.3 is 50.1 Å². The Hall–Kier alpha value is -1.87. The highest BCUT2D eigenvalue weighted by atomic mass is 31.3. The lowest BCUT2D eigenvalue weighted by molar-refractivity contribution is -0.247. The second-order valence-electron chi connectivity index (χ2n) is 8.42. The van der Waals surface area contributed by atoms with E-state index in [-0.39, 0.29) is 0 Å². The van der Waals surface area contributed by atoms with E-state index in [1.165, 1.54) is 0 Å². The van der Waals surface area contributed by atoms with Crippen LogP contribution in [-0.4, -0.2) is 113 Å². The zero-order chi connectivity index (χ0) is 29.3. The molecule has 9 N–H and O–H groups in total. The van der Waals surface area contributed by atoms with Gasteiger partial charge in [-0.05, 0) is 0 Å². The van der Waals surface area contributed by atoms with Gasteiger partial charge in [0.1, 0.15) is 42.7 Å². The third-order valence-corrected chi connectivity index (χ3v) is 8.16.